The van der Waals surface area contributed by atoms with Gasteiger partial charge < -0.3 is 10.5 Å². The summed E-state index contributed by atoms with van der Waals surface area (Å²) in [5.41, 5.74) is 7.87. The van der Waals surface area contributed by atoms with Crippen molar-refractivity contribution in [3.05, 3.63) is 35.4 Å². The van der Waals surface area contributed by atoms with Crippen LogP contribution in [-0.4, -0.2) is 19.6 Å². The van der Waals surface area contributed by atoms with Crippen molar-refractivity contribution in [2.75, 3.05) is 13.7 Å². The van der Waals surface area contributed by atoms with E-state index in [0.717, 1.165) is 13.0 Å². The molecule has 0 unspecified atom stereocenters. The monoisotopic (exact) mass is 233 g/mol. The molecule has 1 aliphatic carbocycles. The maximum absolute atomic E-state index is 11.3. The predicted molar refractivity (Wildman–Crippen MR) is 67.0 cm³/mol. The lowest BCUT2D eigenvalue weighted by atomic mass is 9.62. The van der Waals surface area contributed by atoms with Gasteiger partial charge in [-0.1, -0.05) is 18.6 Å². The maximum atomic E-state index is 11.3. The van der Waals surface area contributed by atoms with Gasteiger partial charge >= 0.3 is 5.97 Å². The van der Waals surface area contributed by atoms with Crippen LogP contribution in [0.15, 0.2) is 24.3 Å². The van der Waals surface area contributed by atoms with Crippen LogP contribution in [0.25, 0.3) is 0 Å². The topological polar surface area (TPSA) is 52.3 Å². The van der Waals surface area contributed by atoms with Gasteiger partial charge in [-0.3, -0.25) is 0 Å². The molecule has 2 rings (SSSR count). The highest BCUT2D eigenvalue weighted by atomic mass is 16.5. The van der Waals surface area contributed by atoms with Gasteiger partial charge in [-0.05, 0) is 48.9 Å². The lowest BCUT2D eigenvalue weighted by Gasteiger charge is -2.42. The quantitative estimate of drug-likeness (QED) is 0.811. The lowest BCUT2D eigenvalue weighted by molar-refractivity contribution is 0.0600. The van der Waals surface area contributed by atoms with Gasteiger partial charge in [0, 0.05) is 0 Å². The first-order valence-electron chi connectivity index (χ1n) is 6.11. The van der Waals surface area contributed by atoms with Crippen molar-refractivity contribution < 1.29 is 9.53 Å². The number of methoxy groups -OCH3 is 1. The molecule has 0 aliphatic heterocycles. The van der Waals surface area contributed by atoms with Crippen LogP contribution in [0.1, 0.15) is 41.6 Å². The largest absolute Gasteiger partial charge is 0.465 e. The Hall–Kier alpha value is -1.35. The molecule has 0 atom stereocenters. The second-order valence-corrected chi connectivity index (χ2v) is 4.74. The number of hydrogen-bond donors (Lipinski definition) is 1. The lowest BCUT2D eigenvalue weighted by Crippen LogP contribution is -2.36. The molecule has 3 heteroatoms. The van der Waals surface area contributed by atoms with Crippen LogP contribution in [0.5, 0.6) is 0 Å². The van der Waals surface area contributed by atoms with Crippen LogP contribution in [-0.2, 0) is 10.2 Å². The Morgan fingerprint density at radius 3 is 2.41 bits per heavy atom. The third-order valence-corrected chi connectivity index (χ3v) is 3.85. The summed E-state index contributed by atoms with van der Waals surface area (Å²) in [5, 5.41) is 0. The van der Waals surface area contributed by atoms with Gasteiger partial charge in [0.15, 0.2) is 0 Å². The molecule has 1 fully saturated rings. The molecule has 1 aromatic carbocycles. The Kier molecular flexibility index (Phi) is 3.48. The first-order valence-corrected chi connectivity index (χ1v) is 6.11. The number of nitrogens with two attached hydrogens (primary N) is 1. The summed E-state index contributed by atoms with van der Waals surface area (Å²) < 4.78 is 4.69. The number of benzene rings is 1. The average molecular weight is 233 g/mol. The van der Waals surface area contributed by atoms with Crippen molar-refractivity contribution in [1.82, 2.24) is 0 Å². The minimum atomic E-state index is -0.280. The average Bonchev–Trinajstić information content (AvgIpc) is 2.33. The van der Waals surface area contributed by atoms with Crippen molar-refractivity contribution >= 4 is 5.97 Å². The van der Waals surface area contributed by atoms with Gasteiger partial charge in [-0.25, -0.2) is 4.79 Å². The second-order valence-electron chi connectivity index (χ2n) is 4.74. The summed E-state index contributed by atoms with van der Waals surface area (Å²) in [6.07, 6.45) is 4.73. The molecule has 1 saturated carbocycles. The molecule has 2 N–H and O–H groups in total. The van der Waals surface area contributed by atoms with E-state index in [-0.39, 0.29) is 11.4 Å². The van der Waals surface area contributed by atoms with Gasteiger partial charge in [-0.2, -0.15) is 0 Å². The summed E-state index contributed by atoms with van der Waals surface area (Å²) in [5.74, 6) is -0.280. The van der Waals surface area contributed by atoms with Crippen LogP contribution >= 0.6 is 0 Å². The fourth-order valence-electron chi connectivity index (χ4n) is 2.64. The van der Waals surface area contributed by atoms with E-state index < -0.39 is 0 Å². The van der Waals surface area contributed by atoms with Crippen molar-refractivity contribution in [3.8, 4) is 0 Å². The summed E-state index contributed by atoms with van der Waals surface area (Å²) in [4.78, 5) is 11.3. The van der Waals surface area contributed by atoms with Crippen LogP contribution in [0, 0.1) is 0 Å². The first-order chi connectivity index (χ1) is 8.22. The third-order valence-electron chi connectivity index (χ3n) is 3.85. The van der Waals surface area contributed by atoms with E-state index in [1.165, 1.54) is 31.9 Å². The van der Waals surface area contributed by atoms with E-state index in [9.17, 15) is 4.79 Å². The summed E-state index contributed by atoms with van der Waals surface area (Å²) in [7, 11) is 1.40. The van der Waals surface area contributed by atoms with Gasteiger partial charge in [0.2, 0.25) is 0 Å². The molecule has 17 heavy (non-hydrogen) atoms. The van der Waals surface area contributed by atoms with Crippen molar-refractivity contribution in [2.24, 2.45) is 5.73 Å². The van der Waals surface area contributed by atoms with E-state index in [1.807, 2.05) is 24.3 Å². The Labute approximate surface area is 102 Å². The SMILES string of the molecule is COC(=O)c1ccc(C2(CCN)CCC2)cc1. The van der Waals surface area contributed by atoms with Gasteiger partial charge in [0.1, 0.15) is 0 Å². The molecule has 0 radical (unpaired) electrons. The van der Waals surface area contributed by atoms with Crippen LogP contribution < -0.4 is 5.73 Å². The Morgan fingerprint density at radius 1 is 1.35 bits per heavy atom. The van der Waals surface area contributed by atoms with Crippen molar-refractivity contribution in [1.29, 1.82) is 0 Å². The van der Waals surface area contributed by atoms with E-state index >= 15 is 0 Å². The number of ether oxygens (including phenoxy) is 1. The second kappa shape index (κ2) is 4.88. The fraction of sp³-hybridized carbons (Fsp3) is 0.500. The van der Waals surface area contributed by atoms with E-state index in [0.29, 0.717) is 5.56 Å². The molecule has 0 spiro atoms. The molecule has 0 bridgehead atoms. The summed E-state index contributed by atoms with van der Waals surface area (Å²) in [6, 6.07) is 7.78. The van der Waals surface area contributed by atoms with E-state index in [2.05, 4.69) is 0 Å². The van der Waals surface area contributed by atoms with Crippen LogP contribution in [0.3, 0.4) is 0 Å². The zero-order valence-electron chi connectivity index (χ0n) is 10.2. The minimum Gasteiger partial charge on any atom is -0.465 e. The highest BCUT2D eigenvalue weighted by Crippen LogP contribution is 2.46. The zero-order chi connectivity index (χ0) is 12.3. The van der Waals surface area contributed by atoms with E-state index in [1.54, 1.807) is 0 Å². The molecule has 0 aromatic heterocycles. The molecule has 0 amide bonds. The van der Waals surface area contributed by atoms with Crippen molar-refractivity contribution in [2.45, 2.75) is 31.1 Å². The number of carbonyl (C=O) groups excluding carboxylic acids is 1. The first kappa shape index (κ1) is 12.1. The fourth-order valence-corrected chi connectivity index (χ4v) is 2.64. The molecule has 1 aliphatic rings. The Balaban J connectivity index is 2.19. The highest BCUT2D eigenvalue weighted by Gasteiger charge is 2.37. The molecule has 0 saturated heterocycles. The molecule has 1 aromatic rings. The molecule has 3 nitrogen and oxygen atoms in total. The van der Waals surface area contributed by atoms with Gasteiger partial charge in [-0.15, -0.1) is 0 Å². The zero-order valence-corrected chi connectivity index (χ0v) is 10.2. The van der Waals surface area contributed by atoms with Gasteiger partial charge in [0.25, 0.3) is 0 Å². The molecule has 92 valence electrons. The Morgan fingerprint density at radius 2 is 2.00 bits per heavy atom. The minimum absolute atomic E-state index is 0.267. The summed E-state index contributed by atoms with van der Waals surface area (Å²) in [6.45, 7) is 0.721. The number of esters is 1. The predicted octanol–water partition coefficient (Wildman–Crippen LogP) is 2.24. The van der Waals surface area contributed by atoms with E-state index in [4.69, 9.17) is 10.5 Å². The van der Waals surface area contributed by atoms with Gasteiger partial charge in [0.05, 0.1) is 12.7 Å². The molecular formula is C14H19NO2. The standard InChI is InChI=1S/C14H19NO2/c1-17-13(16)11-3-5-12(6-4-11)14(9-10-15)7-2-8-14/h3-6H,2,7-10,15H2,1H3. The summed E-state index contributed by atoms with van der Waals surface area (Å²) >= 11 is 0. The third kappa shape index (κ3) is 2.20. The highest BCUT2D eigenvalue weighted by molar-refractivity contribution is 5.89. The molecular weight excluding hydrogens is 214 g/mol. The maximum Gasteiger partial charge on any atom is 0.337 e. The molecule has 0 heterocycles. The smallest absolute Gasteiger partial charge is 0.337 e. The van der Waals surface area contributed by atoms with Crippen molar-refractivity contribution in [3.63, 3.8) is 0 Å². The van der Waals surface area contributed by atoms with Crippen LogP contribution in [0.2, 0.25) is 0 Å². The number of hydrogen-bond acceptors (Lipinski definition) is 3. The van der Waals surface area contributed by atoms with Crippen LogP contribution in [0.4, 0.5) is 0 Å². The normalized spacial score (nSPS) is 17.3. The number of rotatable bonds is 4. The Bertz CT molecular complexity index is 393. The number of carbonyl (C=O) groups is 1.